The monoisotopic (exact) mass is 482 g/mol. The van der Waals surface area contributed by atoms with E-state index in [-0.39, 0.29) is 11.3 Å². The molecule has 3 aromatic carbocycles. The number of carbonyl (C=O) groups is 2. The fourth-order valence-corrected chi connectivity index (χ4v) is 4.65. The van der Waals surface area contributed by atoms with E-state index in [2.05, 4.69) is 4.98 Å². The normalized spacial score (nSPS) is 17.1. The summed E-state index contributed by atoms with van der Waals surface area (Å²) in [5, 5.41) is 12.2. The number of rotatable bonds is 7. The molecule has 0 saturated carbocycles. The van der Waals surface area contributed by atoms with Gasteiger partial charge in [0.2, 0.25) is 0 Å². The van der Waals surface area contributed by atoms with E-state index < -0.39 is 17.7 Å². The molecule has 2 heterocycles. The number of aromatic nitrogens is 1. The maximum atomic E-state index is 13.5. The van der Waals surface area contributed by atoms with Gasteiger partial charge < -0.3 is 19.6 Å². The highest BCUT2D eigenvalue weighted by Crippen LogP contribution is 2.44. The van der Waals surface area contributed by atoms with Gasteiger partial charge in [-0.25, -0.2) is 0 Å². The number of anilines is 1. The summed E-state index contributed by atoms with van der Waals surface area (Å²) in [6, 6.07) is 21.0. The number of amides is 1. The Balaban J connectivity index is 1.71. The van der Waals surface area contributed by atoms with Gasteiger partial charge in [0.1, 0.15) is 5.76 Å². The number of hydrogen-bond donors (Lipinski definition) is 2. The standard InChI is InChI=1S/C29H26N2O5/c1-3-35-23-15-14-19(16-24(23)36-4-2)31-26(18-10-6-5-7-11-18)25(28(33)29(31)34)27(32)21-17-30-22-13-9-8-12-20(21)22/h5-17,26,30,32H,3-4H2,1-2H3/b27-25-. The second-order valence-electron chi connectivity index (χ2n) is 8.32. The van der Waals surface area contributed by atoms with E-state index in [0.29, 0.717) is 41.5 Å². The molecule has 1 fully saturated rings. The number of aliphatic hydroxyl groups excluding tert-OH is 1. The van der Waals surface area contributed by atoms with Gasteiger partial charge in [-0.05, 0) is 37.6 Å². The van der Waals surface area contributed by atoms with Crippen molar-refractivity contribution < 1.29 is 24.2 Å². The maximum Gasteiger partial charge on any atom is 0.300 e. The van der Waals surface area contributed by atoms with Crippen molar-refractivity contribution in [1.82, 2.24) is 4.98 Å². The van der Waals surface area contributed by atoms with E-state index in [0.717, 1.165) is 10.9 Å². The van der Waals surface area contributed by atoms with Gasteiger partial charge in [-0.15, -0.1) is 0 Å². The molecule has 4 aromatic rings. The summed E-state index contributed by atoms with van der Waals surface area (Å²) in [6.07, 6.45) is 1.65. The van der Waals surface area contributed by atoms with Crippen molar-refractivity contribution in [3.8, 4) is 11.5 Å². The van der Waals surface area contributed by atoms with Crippen LogP contribution in [0.3, 0.4) is 0 Å². The van der Waals surface area contributed by atoms with Crippen LogP contribution in [0.5, 0.6) is 11.5 Å². The number of H-pyrrole nitrogens is 1. The lowest BCUT2D eigenvalue weighted by Crippen LogP contribution is -2.29. The number of para-hydroxylation sites is 1. The highest BCUT2D eigenvalue weighted by molar-refractivity contribution is 6.51. The van der Waals surface area contributed by atoms with Gasteiger partial charge in [0.25, 0.3) is 11.7 Å². The summed E-state index contributed by atoms with van der Waals surface area (Å²) in [5.74, 6) is -0.676. The number of hydrogen-bond acceptors (Lipinski definition) is 5. The van der Waals surface area contributed by atoms with E-state index in [1.165, 1.54) is 4.90 Å². The molecule has 182 valence electrons. The Morgan fingerprint density at radius 1 is 0.917 bits per heavy atom. The van der Waals surface area contributed by atoms with Gasteiger partial charge in [-0.3, -0.25) is 14.5 Å². The third kappa shape index (κ3) is 3.88. The van der Waals surface area contributed by atoms with Crippen molar-refractivity contribution in [2.75, 3.05) is 18.1 Å². The molecule has 1 atom stereocenters. The van der Waals surface area contributed by atoms with Crippen LogP contribution in [0.2, 0.25) is 0 Å². The number of carbonyl (C=O) groups excluding carboxylic acids is 2. The highest BCUT2D eigenvalue weighted by Gasteiger charge is 2.47. The lowest BCUT2D eigenvalue weighted by atomic mass is 9.95. The van der Waals surface area contributed by atoms with Crippen LogP contribution >= 0.6 is 0 Å². The Hall–Kier alpha value is -4.52. The van der Waals surface area contributed by atoms with Crippen molar-refractivity contribution in [3.05, 3.63) is 95.7 Å². The lowest BCUT2D eigenvalue weighted by molar-refractivity contribution is -0.132. The Labute approximate surface area is 208 Å². The molecule has 7 heteroatoms. The third-order valence-corrected chi connectivity index (χ3v) is 6.21. The predicted octanol–water partition coefficient (Wildman–Crippen LogP) is 5.59. The number of nitrogens with one attached hydrogen (secondary N) is 1. The van der Waals surface area contributed by atoms with Crippen LogP contribution in [0.25, 0.3) is 16.7 Å². The second-order valence-corrected chi connectivity index (χ2v) is 8.32. The molecule has 1 saturated heterocycles. The number of aliphatic hydroxyl groups is 1. The average Bonchev–Trinajstić information content (AvgIpc) is 3.45. The van der Waals surface area contributed by atoms with E-state index in [4.69, 9.17) is 9.47 Å². The van der Waals surface area contributed by atoms with E-state index >= 15 is 0 Å². The summed E-state index contributed by atoms with van der Waals surface area (Å²) in [6.45, 7) is 4.60. The minimum absolute atomic E-state index is 0.0304. The van der Waals surface area contributed by atoms with Crippen LogP contribution in [0.4, 0.5) is 5.69 Å². The maximum absolute atomic E-state index is 13.5. The van der Waals surface area contributed by atoms with Crippen LogP contribution < -0.4 is 14.4 Å². The molecule has 1 aromatic heterocycles. The number of fused-ring (bicyclic) bond motifs is 1. The van der Waals surface area contributed by atoms with Gasteiger partial charge in [-0.1, -0.05) is 48.5 Å². The summed E-state index contributed by atoms with van der Waals surface area (Å²) < 4.78 is 11.4. The Morgan fingerprint density at radius 3 is 2.36 bits per heavy atom. The molecule has 0 spiro atoms. The topological polar surface area (TPSA) is 91.9 Å². The zero-order valence-electron chi connectivity index (χ0n) is 20.0. The van der Waals surface area contributed by atoms with Crippen molar-refractivity contribution in [2.45, 2.75) is 19.9 Å². The summed E-state index contributed by atoms with van der Waals surface area (Å²) in [4.78, 5) is 31.5. The molecule has 1 amide bonds. The predicted molar refractivity (Wildman–Crippen MR) is 138 cm³/mol. The first-order chi connectivity index (χ1) is 17.5. The molecule has 36 heavy (non-hydrogen) atoms. The molecular formula is C29H26N2O5. The van der Waals surface area contributed by atoms with Crippen LogP contribution in [-0.2, 0) is 9.59 Å². The van der Waals surface area contributed by atoms with Gasteiger partial charge in [0.05, 0.1) is 24.8 Å². The summed E-state index contributed by atoms with van der Waals surface area (Å²) in [5.41, 5.74) is 2.48. The minimum atomic E-state index is -0.827. The molecule has 5 rings (SSSR count). The minimum Gasteiger partial charge on any atom is -0.507 e. The number of benzene rings is 3. The van der Waals surface area contributed by atoms with Crippen molar-refractivity contribution >= 4 is 34.0 Å². The van der Waals surface area contributed by atoms with Gasteiger partial charge >= 0.3 is 0 Å². The van der Waals surface area contributed by atoms with Crippen LogP contribution in [0.15, 0.2) is 84.6 Å². The first kappa shape index (κ1) is 23.2. The smallest absolute Gasteiger partial charge is 0.300 e. The summed E-state index contributed by atoms with van der Waals surface area (Å²) in [7, 11) is 0. The first-order valence-corrected chi connectivity index (χ1v) is 11.9. The molecule has 1 unspecified atom stereocenters. The molecule has 1 aliphatic rings. The van der Waals surface area contributed by atoms with Crippen molar-refractivity contribution in [1.29, 1.82) is 0 Å². The SMILES string of the molecule is CCOc1ccc(N2C(=O)C(=O)/C(=C(\O)c3c[nH]c4ccccc34)C2c2ccccc2)cc1OCC. The number of nitrogens with zero attached hydrogens (tertiary/aromatic N) is 1. The fourth-order valence-electron chi connectivity index (χ4n) is 4.65. The van der Waals surface area contributed by atoms with Crippen LogP contribution in [0, 0.1) is 0 Å². The zero-order valence-corrected chi connectivity index (χ0v) is 20.0. The van der Waals surface area contributed by atoms with E-state index in [1.807, 2.05) is 68.4 Å². The molecular weight excluding hydrogens is 456 g/mol. The first-order valence-electron chi connectivity index (χ1n) is 11.9. The molecule has 1 aliphatic heterocycles. The number of ether oxygens (including phenoxy) is 2. The number of Topliss-reactive ketones (excluding diaryl/α,β-unsaturated/α-hetero) is 1. The Morgan fingerprint density at radius 2 is 1.61 bits per heavy atom. The molecule has 2 N–H and O–H groups in total. The highest BCUT2D eigenvalue weighted by atomic mass is 16.5. The van der Waals surface area contributed by atoms with E-state index in [1.54, 1.807) is 24.4 Å². The lowest BCUT2D eigenvalue weighted by Gasteiger charge is -2.26. The largest absolute Gasteiger partial charge is 0.507 e. The Bertz CT molecular complexity index is 1470. The number of ketones is 1. The average molecular weight is 483 g/mol. The summed E-state index contributed by atoms with van der Waals surface area (Å²) >= 11 is 0. The molecule has 0 bridgehead atoms. The fraction of sp³-hybridized carbons (Fsp3) is 0.172. The second kappa shape index (κ2) is 9.62. The van der Waals surface area contributed by atoms with E-state index in [9.17, 15) is 14.7 Å². The molecule has 0 aliphatic carbocycles. The number of aromatic amines is 1. The zero-order chi connectivity index (χ0) is 25.2. The molecule has 7 nitrogen and oxygen atoms in total. The van der Waals surface area contributed by atoms with Crippen LogP contribution in [-0.4, -0.2) is 35.0 Å². The van der Waals surface area contributed by atoms with Crippen LogP contribution in [0.1, 0.15) is 31.0 Å². The van der Waals surface area contributed by atoms with Crippen molar-refractivity contribution in [2.24, 2.45) is 0 Å². The van der Waals surface area contributed by atoms with Crippen molar-refractivity contribution in [3.63, 3.8) is 0 Å². The third-order valence-electron chi connectivity index (χ3n) is 6.21. The Kier molecular flexibility index (Phi) is 6.21. The quantitative estimate of drug-likeness (QED) is 0.203. The molecule has 0 radical (unpaired) electrons. The van der Waals surface area contributed by atoms with Gasteiger partial charge in [-0.2, -0.15) is 0 Å². The van der Waals surface area contributed by atoms with Gasteiger partial charge in [0.15, 0.2) is 11.5 Å². The van der Waals surface area contributed by atoms with Gasteiger partial charge in [0, 0.05) is 34.4 Å².